The summed E-state index contributed by atoms with van der Waals surface area (Å²) >= 11 is 3.23. The highest BCUT2D eigenvalue weighted by Crippen LogP contribution is 2.20. The second kappa shape index (κ2) is 13.0. The molecule has 0 spiro atoms. The van der Waals surface area contributed by atoms with Gasteiger partial charge in [0.2, 0.25) is 0 Å². The lowest BCUT2D eigenvalue weighted by atomic mass is 9.99. The molecule has 19 heavy (non-hydrogen) atoms. The molecule has 2 nitrogen and oxygen atoms in total. The number of hydrogen-bond acceptors (Lipinski definition) is 1. The van der Waals surface area contributed by atoms with Crippen molar-refractivity contribution in [2.45, 2.75) is 89.3 Å². The van der Waals surface area contributed by atoms with E-state index in [1.807, 2.05) is 6.92 Å². The Hall–Kier alpha value is -0.0500. The highest BCUT2D eigenvalue weighted by molar-refractivity contribution is 9.10. The summed E-state index contributed by atoms with van der Waals surface area (Å²) in [6.45, 7) is 4.27. The summed E-state index contributed by atoms with van der Waals surface area (Å²) in [5.41, 5.74) is 0. The van der Waals surface area contributed by atoms with Crippen molar-refractivity contribution in [2.75, 3.05) is 0 Å². The van der Waals surface area contributed by atoms with E-state index in [9.17, 15) is 4.79 Å². The van der Waals surface area contributed by atoms with E-state index >= 15 is 0 Å². The van der Waals surface area contributed by atoms with E-state index in [1.54, 1.807) is 0 Å². The molecule has 0 aliphatic rings. The summed E-state index contributed by atoms with van der Waals surface area (Å²) in [5.74, 6) is -0.508. The van der Waals surface area contributed by atoms with E-state index in [0.29, 0.717) is 0 Å². The minimum absolute atomic E-state index is 0.228. The average Bonchev–Trinajstić information content (AvgIpc) is 2.39. The Morgan fingerprint density at radius 2 is 1.37 bits per heavy atom. The van der Waals surface area contributed by atoms with Gasteiger partial charge in [0.25, 0.3) is 0 Å². The number of alkyl halides is 1. The van der Waals surface area contributed by atoms with Gasteiger partial charge in [-0.15, -0.1) is 0 Å². The zero-order valence-corrected chi connectivity index (χ0v) is 14.3. The Morgan fingerprint density at radius 3 is 1.79 bits per heavy atom. The van der Waals surface area contributed by atoms with E-state index in [4.69, 9.17) is 5.11 Å². The molecule has 0 aromatic rings. The van der Waals surface area contributed by atoms with Gasteiger partial charge in [0.15, 0.2) is 0 Å². The predicted octanol–water partition coefficient (Wildman–Crippen LogP) is 5.78. The van der Waals surface area contributed by atoms with E-state index < -0.39 is 5.97 Å². The van der Waals surface area contributed by atoms with Crippen LogP contribution in [-0.4, -0.2) is 15.9 Å². The van der Waals surface area contributed by atoms with Gasteiger partial charge >= 0.3 is 5.97 Å². The van der Waals surface area contributed by atoms with E-state index in [2.05, 4.69) is 22.9 Å². The fourth-order valence-electron chi connectivity index (χ4n) is 2.34. The van der Waals surface area contributed by atoms with Gasteiger partial charge in [-0.05, 0) is 12.3 Å². The average molecular weight is 335 g/mol. The second-order valence-corrected chi connectivity index (χ2v) is 6.67. The first-order chi connectivity index (χ1) is 9.09. The zero-order chi connectivity index (χ0) is 14.5. The number of hydrogen-bond donors (Lipinski definition) is 1. The quantitative estimate of drug-likeness (QED) is 0.342. The summed E-state index contributed by atoms with van der Waals surface area (Å²) in [4.78, 5) is 10.4. The van der Waals surface area contributed by atoms with Crippen LogP contribution in [0.1, 0.15) is 84.5 Å². The maximum absolute atomic E-state index is 10.8. The Bertz CT molecular complexity index is 219. The van der Waals surface area contributed by atoms with E-state index in [0.717, 1.165) is 12.8 Å². The second-order valence-electron chi connectivity index (χ2n) is 5.69. The van der Waals surface area contributed by atoms with Gasteiger partial charge in [-0.1, -0.05) is 94.0 Å². The van der Waals surface area contributed by atoms with Gasteiger partial charge in [-0.2, -0.15) is 0 Å². The van der Waals surface area contributed by atoms with Crippen LogP contribution < -0.4 is 0 Å². The van der Waals surface area contributed by atoms with Crippen LogP contribution in [0, 0.1) is 5.92 Å². The van der Waals surface area contributed by atoms with Crippen LogP contribution in [0.5, 0.6) is 0 Å². The molecule has 0 aliphatic carbocycles. The zero-order valence-electron chi connectivity index (χ0n) is 12.7. The predicted molar refractivity (Wildman–Crippen MR) is 86.0 cm³/mol. The Balaban J connectivity index is 3.25. The van der Waals surface area contributed by atoms with Crippen molar-refractivity contribution in [2.24, 2.45) is 5.92 Å². The number of rotatable bonds is 13. The van der Waals surface area contributed by atoms with Crippen LogP contribution in [-0.2, 0) is 4.79 Å². The van der Waals surface area contributed by atoms with Crippen LogP contribution in [0.15, 0.2) is 0 Å². The maximum Gasteiger partial charge on any atom is 0.317 e. The third kappa shape index (κ3) is 11.5. The highest BCUT2D eigenvalue weighted by Gasteiger charge is 2.20. The van der Waals surface area contributed by atoms with Gasteiger partial charge < -0.3 is 5.11 Å². The molecule has 0 heterocycles. The van der Waals surface area contributed by atoms with Gasteiger partial charge in [-0.3, -0.25) is 4.79 Å². The third-order valence-corrected chi connectivity index (χ3v) is 5.04. The summed E-state index contributed by atoms with van der Waals surface area (Å²) in [5, 5.41) is 8.87. The number of carbonyl (C=O) groups is 1. The molecule has 0 saturated heterocycles. The number of carboxylic acid groups (broad SMARTS) is 1. The molecule has 0 radical (unpaired) electrons. The minimum atomic E-state index is -0.737. The molecule has 0 aromatic heterocycles. The largest absolute Gasteiger partial charge is 0.480 e. The first kappa shape index (κ1) is 18.9. The Morgan fingerprint density at radius 1 is 0.947 bits per heavy atom. The van der Waals surface area contributed by atoms with Crippen molar-refractivity contribution in [1.29, 1.82) is 0 Å². The van der Waals surface area contributed by atoms with E-state index in [-0.39, 0.29) is 10.7 Å². The molecule has 1 unspecified atom stereocenters. The summed E-state index contributed by atoms with van der Waals surface area (Å²) in [7, 11) is 0. The summed E-state index contributed by atoms with van der Waals surface area (Å²) in [6, 6.07) is 0. The van der Waals surface area contributed by atoms with Gasteiger partial charge in [-0.25, -0.2) is 0 Å². The normalized spacial score (nSPS) is 14.3. The smallest absolute Gasteiger partial charge is 0.317 e. The maximum atomic E-state index is 10.8. The fourth-order valence-corrected chi connectivity index (χ4v) is 2.61. The molecule has 0 fully saturated rings. The SMILES string of the molecule is CCCCCCCCCCCCC(C)[C@@H](Br)C(=O)O. The molecule has 0 aromatic carbocycles. The minimum Gasteiger partial charge on any atom is -0.480 e. The first-order valence-corrected chi connectivity index (χ1v) is 8.88. The van der Waals surface area contributed by atoms with Crippen molar-refractivity contribution < 1.29 is 9.90 Å². The molecule has 2 atom stereocenters. The van der Waals surface area contributed by atoms with Crippen molar-refractivity contribution in [1.82, 2.24) is 0 Å². The lowest BCUT2D eigenvalue weighted by Crippen LogP contribution is -2.21. The molecule has 1 N–H and O–H groups in total. The van der Waals surface area contributed by atoms with Gasteiger partial charge in [0, 0.05) is 0 Å². The van der Waals surface area contributed by atoms with E-state index in [1.165, 1.54) is 57.8 Å². The number of carboxylic acids is 1. The third-order valence-electron chi connectivity index (χ3n) is 3.75. The lowest BCUT2D eigenvalue weighted by Gasteiger charge is -2.13. The molecule has 114 valence electrons. The Kier molecular flexibility index (Phi) is 12.9. The lowest BCUT2D eigenvalue weighted by molar-refractivity contribution is -0.137. The number of aliphatic carboxylic acids is 1. The summed E-state index contributed by atoms with van der Waals surface area (Å²) < 4.78 is 0. The number of unbranched alkanes of at least 4 members (excludes halogenated alkanes) is 9. The monoisotopic (exact) mass is 334 g/mol. The van der Waals surface area contributed by atoms with Crippen LogP contribution in [0.3, 0.4) is 0 Å². The highest BCUT2D eigenvalue weighted by atomic mass is 79.9. The van der Waals surface area contributed by atoms with Crippen LogP contribution in [0.25, 0.3) is 0 Å². The molecular formula is C16H31BrO2. The topological polar surface area (TPSA) is 37.3 Å². The molecular weight excluding hydrogens is 304 g/mol. The van der Waals surface area contributed by atoms with Crippen LogP contribution in [0.4, 0.5) is 0 Å². The van der Waals surface area contributed by atoms with Crippen LogP contribution >= 0.6 is 15.9 Å². The molecule has 0 rings (SSSR count). The molecule has 0 saturated carbocycles. The Labute approximate surface area is 127 Å². The van der Waals surface area contributed by atoms with Crippen molar-refractivity contribution in [3.8, 4) is 0 Å². The van der Waals surface area contributed by atoms with Crippen molar-refractivity contribution >= 4 is 21.9 Å². The standard InChI is InChI=1S/C16H31BrO2/c1-3-4-5-6-7-8-9-10-11-12-13-14(2)15(17)16(18)19/h14-15H,3-13H2,1-2H3,(H,18,19)/t14?,15-/m1/s1. The number of halogens is 1. The van der Waals surface area contributed by atoms with Gasteiger partial charge in [0.05, 0.1) is 0 Å². The molecule has 0 aliphatic heterocycles. The molecule has 3 heteroatoms. The first-order valence-electron chi connectivity index (χ1n) is 7.96. The van der Waals surface area contributed by atoms with Crippen molar-refractivity contribution in [3.63, 3.8) is 0 Å². The van der Waals surface area contributed by atoms with Crippen LogP contribution in [0.2, 0.25) is 0 Å². The molecule has 0 bridgehead atoms. The van der Waals surface area contributed by atoms with Crippen molar-refractivity contribution in [3.05, 3.63) is 0 Å². The summed E-state index contributed by atoms with van der Waals surface area (Å²) in [6.07, 6.45) is 14.3. The van der Waals surface area contributed by atoms with Gasteiger partial charge in [0.1, 0.15) is 4.83 Å². The molecule has 0 amide bonds. The fraction of sp³-hybridized carbons (Fsp3) is 0.938.